The van der Waals surface area contributed by atoms with Gasteiger partial charge in [-0.3, -0.25) is 0 Å². The maximum atomic E-state index is 9.53. The Kier molecular flexibility index (Phi) is 5.41. The van der Waals surface area contributed by atoms with Gasteiger partial charge in [0.1, 0.15) is 18.1 Å². The lowest BCUT2D eigenvalue weighted by Gasteiger charge is -2.16. The molecule has 0 aliphatic rings. The van der Waals surface area contributed by atoms with Gasteiger partial charge in [-0.25, -0.2) is 0 Å². The van der Waals surface area contributed by atoms with Gasteiger partial charge in [-0.2, -0.15) is 0 Å². The molecule has 0 amide bonds. The predicted octanol–water partition coefficient (Wildman–Crippen LogP) is 3.81. The quantitative estimate of drug-likeness (QED) is 0.759. The molecule has 2 rings (SSSR count). The SMILES string of the molecule is C=CCOc1ccccc1CNC(C)c1cccc(O)c1. The maximum Gasteiger partial charge on any atom is 0.124 e. The lowest BCUT2D eigenvalue weighted by atomic mass is 10.1. The molecule has 2 aromatic carbocycles. The lowest BCUT2D eigenvalue weighted by Crippen LogP contribution is -2.18. The molecule has 110 valence electrons. The van der Waals surface area contributed by atoms with Crippen LogP contribution >= 0.6 is 0 Å². The summed E-state index contributed by atoms with van der Waals surface area (Å²) in [7, 11) is 0. The van der Waals surface area contributed by atoms with E-state index in [2.05, 4.69) is 18.8 Å². The molecule has 2 N–H and O–H groups in total. The lowest BCUT2D eigenvalue weighted by molar-refractivity contribution is 0.357. The molecule has 0 radical (unpaired) electrons. The van der Waals surface area contributed by atoms with Crippen molar-refractivity contribution in [2.24, 2.45) is 0 Å². The van der Waals surface area contributed by atoms with E-state index >= 15 is 0 Å². The molecular formula is C18H21NO2. The minimum atomic E-state index is 0.143. The summed E-state index contributed by atoms with van der Waals surface area (Å²) < 4.78 is 5.65. The molecule has 1 atom stereocenters. The van der Waals surface area contributed by atoms with Crippen LogP contribution < -0.4 is 10.1 Å². The Bertz CT molecular complexity index is 595. The number of benzene rings is 2. The summed E-state index contributed by atoms with van der Waals surface area (Å²) in [6.45, 7) is 6.93. The highest BCUT2D eigenvalue weighted by Crippen LogP contribution is 2.21. The summed E-state index contributed by atoms with van der Waals surface area (Å²) in [5.74, 6) is 1.16. The summed E-state index contributed by atoms with van der Waals surface area (Å²) in [4.78, 5) is 0. The monoisotopic (exact) mass is 283 g/mol. The third-order valence-electron chi connectivity index (χ3n) is 3.30. The highest BCUT2D eigenvalue weighted by atomic mass is 16.5. The molecule has 0 spiro atoms. The summed E-state index contributed by atoms with van der Waals surface area (Å²) in [6.07, 6.45) is 1.74. The zero-order valence-corrected chi connectivity index (χ0v) is 12.3. The van der Waals surface area contributed by atoms with Gasteiger partial charge in [0.25, 0.3) is 0 Å². The molecular weight excluding hydrogens is 262 g/mol. The third kappa shape index (κ3) is 4.36. The Morgan fingerprint density at radius 2 is 2.05 bits per heavy atom. The second kappa shape index (κ2) is 7.50. The molecule has 0 bridgehead atoms. The van der Waals surface area contributed by atoms with Gasteiger partial charge >= 0.3 is 0 Å². The number of aromatic hydroxyl groups is 1. The molecule has 0 saturated heterocycles. The maximum absolute atomic E-state index is 9.53. The fourth-order valence-corrected chi connectivity index (χ4v) is 2.11. The molecule has 0 aliphatic heterocycles. The highest BCUT2D eigenvalue weighted by Gasteiger charge is 2.08. The normalized spacial score (nSPS) is 11.9. The second-order valence-corrected chi connectivity index (χ2v) is 4.90. The molecule has 3 heteroatoms. The minimum Gasteiger partial charge on any atom is -0.508 e. The molecule has 1 unspecified atom stereocenters. The van der Waals surface area contributed by atoms with E-state index in [9.17, 15) is 5.11 Å². The van der Waals surface area contributed by atoms with E-state index in [4.69, 9.17) is 4.74 Å². The van der Waals surface area contributed by atoms with Gasteiger partial charge in [-0.05, 0) is 30.7 Å². The number of hydrogen-bond acceptors (Lipinski definition) is 3. The first-order valence-corrected chi connectivity index (χ1v) is 7.04. The summed E-state index contributed by atoms with van der Waals surface area (Å²) >= 11 is 0. The fraction of sp³-hybridized carbons (Fsp3) is 0.222. The smallest absolute Gasteiger partial charge is 0.124 e. The zero-order valence-electron chi connectivity index (χ0n) is 12.3. The van der Waals surface area contributed by atoms with Gasteiger partial charge in [0.2, 0.25) is 0 Å². The Balaban J connectivity index is 2.01. The number of ether oxygens (including phenoxy) is 1. The number of phenols is 1. The van der Waals surface area contributed by atoms with Crippen LogP contribution in [0.3, 0.4) is 0 Å². The summed E-state index contributed by atoms with van der Waals surface area (Å²) in [6, 6.07) is 15.4. The molecule has 2 aromatic rings. The van der Waals surface area contributed by atoms with E-state index in [1.54, 1.807) is 18.2 Å². The topological polar surface area (TPSA) is 41.5 Å². The molecule has 0 saturated carbocycles. The van der Waals surface area contributed by atoms with Crippen molar-refractivity contribution in [1.82, 2.24) is 5.32 Å². The Hall–Kier alpha value is -2.26. The largest absolute Gasteiger partial charge is 0.508 e. The first-order valence-electron chi connectivity index (χ1n) is 7.04. The third-order valence-corrected chi connectivity index (χ3v) is 3.30. The van der Waals surface area contributed by atoms with E-state index in [1.165, 1.54) is 0 Å². The van der Waals surface area contributed by atoms with Crippen LogP contribution in [-0.2, 0) is 6.54 Å². The van der Waals surface area contributed by atoms with Crippen molar-refractivity contribution in [2.45, 2.75) is 19.5 Å². The van der Waals surface area contributed by atoms with Crippen LogP contribution in [0.4, 0.5) is 0 Å². The second-order valence-electron chi connectivity index (χ2n) is 4.90. The average Bonchev–Trinajstić information content (AvgIpc) is 2.51. The van der Waals surface area contributed by atoms with Crippen molar-refractivity contribution in [3.8, 4) is 11.5 Å². The Morgan fingerprint density at radius 3 is 2.81 bits per heavy atom. The number of rotatable bonds is 7. The first kappa shape index (κ1) is 15.1. The number of phenolic OH excluding ortho intramolecular Hbond substituents is 1. The summed E-state index contributed by atoms with van der Waals surface area (Å²) in [5.41, 5.74) is 2.16. The zero-order chi connectivity index (χ0) is 15.1. The van der Waals surface area contributed by atoms with Crippen LogP contribution in [0.2, 0.25) is 0 Å². The van der Waals surface area contributed by atoms with Crippen molar-refractivity contribution < 1.29 is 9.84 Å². The van der Waals surface area contributed by atoms with Crippen molar-refractivity contribution >= 4 is 0 Å². The molecule has 0 heterocycles. The molecule has 3 nitrogen and oxygen atoms in total. The molecule has 0 aliphatic carbocycles. The van der Waals surface area contributed by atoms with E-state index in [0.717, 1.165) is 16.9 Å². The van der Waals surface area contributed by atoms with Crippen LogP contribution in [0.15, 0.2) is 61.2 Å². The van der Waals surface area contributed by atoms with Gasteiger partial charge in [0.15, 0.2) is 0 Å². The van der Waals surface area contributed by atoms with E-state index in [-0.39, 0.29) is 11.8 Å². The van der Waals surface area contributed by atoms with Gasteiger partial charge in [0.05, 0.1) is 0 Å². The van der Waals surface area contributed by atoms with Crippen molar-refractivity contribution in [3.05, 3.63) is 72.3 Å². The number of para-hydroxylation sites is 1. The minimum absolute atomic E-state index is 0.143. The summed E-state index contributed by atoms with van der Waals surface area (Å²) in [5, 5.41) is 13.0. The van der Waals surface area contributed by atoms with Crippen LogP contribution in [0, 0.1) is 0 Å². The van der Waals surface area contributed by atoms with Gasteiger partial charge < -0.3 is 15.2 Å². The van der Waals surface area contributed by atoms with E-state index < -0.39 is 0 Å². The Morgan fingerprint density at radius 1 is 1.24 bits per heavy atom. The van der Waals surface area contributed by atoms with Gasteiger partial charge in [0, 0.05) is 18.2 Å². The van der Waals surface area contributed by atoms with Crippen LogP contribution in [0.1, 0.15) is 24.1 Å². The van der Waals surface area contributed by atoms with Crippen molar-refractivity contribution in [1.29, 1.82) is 0 Å². The van der Waals surface area contributed by atoms with Crippen molar-refractivity contribution in [2.75, 3.05) is 6.61 Å². The van der Waals surface area contributed by atoms with Crippen LogP contribution in [-0.4, -0.2) is 11.7 Å². The van der Waals surface area contributed by atoms with E-state index in [1.807, 2.05) is 36.4 Å². The molecule has 0 aromatic heterocycles. The fourth-order valence-electron chi connectivity index (χ4n) is 2.11. The molecule has 21 heavy (non-hydrogen) atoms. The van der Waals surface area contributed by atoms with Crippen molar-refractivity contribution in [3.63, 3.8) is 0 Å². The van der Waals surface area contributed by atoms with Gasteiger partial charge in [-0.15, -0.1) is 0 Å². The first-order chi connectivity index (χ1) is 10.2. The van der Waals surface area contributed by atoms with Crippen LogP contribution in [0.5, 0.6) is 11.5 Å². The number of nitrogens with one attached hydrogen (secondary N) is 1. The number of hydrogen-bond donors (Lipinski definition) is 2. The van der Waals surface area contributed by atoms with Crippen LogP contribution in [0.25, 0.3) is 0 Å². The van der Waals surface area contributed by atoms with Gasteiger partial charge in [-0.1, -0.05) is 43.0 Å². The van der Waals surface area contributed by atoms with E-state index in [0.29, 0.717) is 13.2 Å². The standard InChI is InChI=1S/C18H21NO2/c1-3-11-21-18-10-5-4-7-16(18)13-19-14(2)15-8-6-9-17(20)12-15/h3-10,12,14,19-20H,1,11,13H2,2H3. The predicted molar refractivity (Wildman–Crippen MR) is 85.5 cm³/mol. The molecule has 0 fully saturated rings. The Labute approximate surface area is 125 Å². The average molecular weight is 283 g/mol. The highest BCUT2D eigenvalue weighted by molar-refractivity contribution is 5.34.